The number of benzene rings is 1. The molecule has 0 fully saturated rings. The molecule has 2 aromatic heterocycles. The van der Waals surface area contributed by atoms with Crippen molar-refractivity contribution in [1.29, 1.82) is 0 Å². The van der Waals surface area contributed by atoms with Crippen molar-refractivity contribution >= 4 is 5.96 Å². The summed E-state index contributed by atoms with van der Waals surface area (Å²) in [5.74, 6) is 2.50. The monoisotopic (exact) mass is 381 g/mol. The lowest BCUT2D eigenvalue weighted by Crippen LogP contribution is -2.36. The summed E-state index contributed by atoms with van der Waals surface area (Å²) in [6.45, 7) is 5.35. The number of hydrogen-bond acceptors (Lipinski definition) is 5. The van der Waals surface area contributed by atoms with Crippen molar-refractivity contribution < 1.29 is 8.94 Å². The van der Waals surface area contributed by atoms with Gasteiger partial charge in [0.1, 0.15) is 6.26 Å². The van der Waals surface area contributed by atoms with Crippen molar-refractivity contribution in [3.8, 4) is 11.5 Å². The van der Waals surface area contributed by atoms with Gasteiger partial charge in [0, 0.05) is 24.6 Å². The Morgan fingerprint density at radius 1 is 1.11 bits per heavy atom. The molecule has 3 rings (SSSR count). The fourth-order valence-corrected chi connectivity index (χ4v) is 2.98. The van der Waals surface area contributed by atoms with Crippen LogP contribution in [0, 0.1) is 0 Å². The molecule has 7 heteroatoms. The van der Waals surface area contributed by atoms with E-state index < -0.39 is 0 Å². The standard InChI is InChI=1S/C21H27N5O2/c1-4-15(5-2)19-11-18(28-26-19)13-24-21(22-3)23-12-17-14-27-20(25-17)16-9-7-6-8-10-16/h6-11,14-15H,4-5,12-13H2,1-3H3,(H2,22,23,24). The van der Waals surface area contributed by atoms with E-state index in [4.69, 9.17) is 8.94 Å². The Labute approximate surface area is 165 Å². The molecule has 0 aliphatic heterocycles. The van der Waals surface area contributed by atoms with Crippen molar-refractivity contribution in [2.24, 2.45) is 4.99 Å². The molecule has 0 saturated heterocycles. The molecule has 0 amide bonds. The van der Waals surface area contributed by atoms with Crippen molar-refractivity contribution in [3.05, 3.63) is 59.8 Å². The summed E-state index contributed by atoms with van der Waals surface area (Å²) in [6.07, 6.45) is 3.77. The van der Waals surface area contributed by atoms with E-state index in [0.717, 1.165) is 35.6 Å². The van der Waals surface area contributed by atoms with Gasteiger partial charge in [-0.25, -0.2) is 4.98 Å². The predicted octanol–water partition coefficient (Wildman–Crippen LogP) is 4.10. The van der Waals surface area contributed by atoms with Crippen molar-refractivity contribution in [1.82, 2.24) is 20.8 Å². The zero-order chi connectivity index (χ0) is 19.8. The Morgan fingerprint density at radius 2 is 1.86 bits per heavy atom. The van der Waals surface area contributed by atoms with Crippen LogP contribution >= 0.6 is 0 Å². The van der Waals surface area contributed by atoms with Gasteiger partial charge in [0.2, 0.25) is 5.89 Å². The Bertz CT molecular complexity index is 881. The van der Waals surface area contributed by atoms with Crippen LogP contribution in [0.15, 0.2) is 56.6 Å². The third-order valence-corrected chi connectivity index (χ3v) is 4.64. The van der Waals surface area contributed by atoms with E-state index in [2.05, 4.69) is 39.6 Å². The number of guanidine groups is 1. The molecule has 1 aromatic carbocycles. The Kier molecular flexibility index (Phi) is 6.84. The number of aromatic nitrogens is 2. The summed E-state index contributed by atoms with van der Waals surface area (Å²) in [5.41, 5.74) is 2.77. The van der Waals surface area contributed by atoms with Gasteiger partial charge in [-0.3, -0.25) is 4.99 Å². The van der Waals surface area contributed by atoms with Crippen molar-refractivity contribution in [3.63, 3.8) is 0 Å². The molecule has 148 valence electrons. The molecule has 28 heavy (non-hydrogen) atoms. The first kappa shape index (κ1) is 19.7. The minimum atomic E-state index is 0.445. The summed E-state index contributed by atoms with van der Waals surface area (Å²) in [7, 11) is 1.73. The SMILES string of the molecule is CCC(CC)c1cc(CNC(=NC)NCc2coc(-c3ccccc3)n2)on1. The maximum atomic E-state index is 5.56. The van der Waals surface area contributed by atoms with E-state index in [-0.39, 0.29) is 0 Å². The van der Waals surface area contributed by atoms with Crippen LogP contribution in [0.4, 0.5) is 0 Å². The molecule has 0 atom stereocenters. The number of hydrogen-bond donors (Lipinski definition) is 2. The number of rotatable bonds is 8. The van der Waals surface area contributed by atoms with E-state index in [1.807, 2.05) is 36.4 Å². The van der Waals surface area contributed by atoms with E-state index >= 15 is 0 Å². The molecule has 0 aliphatic carbocycles. The van der Waals surface area contributed by atoms with Crippen LogP contribution in [-0.4, -0.2) is 23.1 Å². The zero-order valence-corrected chi connectivity index (χ0v) is 16.6. The second-order valence-electron chi connectivity index (χ2n) is 6.52. The normalized spacial score (nSPS) is 11.8. The molecular weight excluding hydrogens is 354 g/mol. The molecule has 0 aliphatic rings. The largest absolute Gasteiger partial charge is 0.444 e. The molecule has 2 heterocycles. The summed E-state index contributed by atoms with van der Waals surface area (Å²) in [4.78, 5) is 8.74. The van der Waals surface area contributed by atoms with Crippen LogP contribution in [0.2, 0.25) is 0 Å². The number of aliphatic imine (C=N–C) groups is 1. The average Bonchev–Trinajstić information content (AvgIpc) is 3.40. The highest BCUT2D eigenvalue weighted by molar-refractivity contribution is 5.79. The summed E-state index contributed by atoms with van der Waals surface area (Å²) in [6, 6.07) is 11.8. The maximum Gasteiger partial charge on any atom is 0.226 e. The first-order valence-electron chi connectivity index (χ1n) is 9.63. The van der Waals surface area contributed by atoms with Gasteiger partial charge in [0.15, 0.2) is 11.7 Å². The van der Waals surface area contributed by atoms with Gasteiger partial charge in [-0.15, -0.1) is 0 Å². The first-order chi connectivity index (χ1) is 13.7. The van der Waals surface area contributed by atoms with Gasteiger partial charge >= 0.3 is 0 Å². The fraction of sp³-hybridized carbons (Fsp3) is 0.381. The summed E-state index contributed by atoms with van der Waals surface area (Å²) in [5, 5.41) is 10.6. The zero-order valence-electron chi connectivity index (χ0n) is 16.6. The smallest absolute Gasteiger partial charge is 0.226 e. The topological polar surface area (TPSA) is 88.5 Å². The Hall–Kier alpha value is -3.09. The van der Waals surface area contributed by atoms with E-state index in [0.29, 0.717) is 30.9 Å². The lowest BCUT2D eigenvalue weighted by molar-refractivity contribution is 0.368. The van der Waals surface area contributed by atoms with Gasteiger partial charge in [0.25, 0.3) is 0 Å². The average molecular weight is 381 g/mol. The van der Waals surface area contributed by atoms with Gasteiger partial charge in [0.05, 0.1) is 24.5 Å². The minimum absolute atomic E-state index is 0.445. The van der Waals surface area contributed by atoms with Crippen LogP contribution in [0.1, 0.15) is 49.8 Å². The quantitative estimate of drug-likeness (QED) is 0.451. The maximum absolute atomic E-state index is 5.56. The lowest BCUT2D eigenvalue weighted by atomic mass is 9.99. The predicted molar refractivity (Wildman–Crippen MR) is 109 cm³/mol. The van der Waals surface area contributed by atoms with Crippen LogP contribution in [0.3, 0.4) is 0 Å². The lowest BCUT2D eigenvalue weighted by Gasteiger charge is -2.09. The third-order valence-electron chi connectivity index (χ3n) is 4.64. The Balaban J connectivity index is 1.51. The molecule has 0 unspecified atom stereocenters. The molecule has 0 radical (unpaired) electrons. The minimum Gasteiger partial charge on any atom is -0.444 e. The number of oxazole rings is 1. The van der Waals surface area contributed by atoms with E-state index in [1.165, 1.54) is 0 Å². The third kappa shape index (κ3) is 5.00. The van der Waals surface area contributed by atoms with Crippen LogP contribution in [0.5, 0.6) is 0 Å². The molecule has 0 bridgehead atoms. The van der Waals surface area contributed by atoms with Crippen LogP contribution in [-0.2, 0) is 13.1 Å². The highest BCUT2D eigenvalue weighted by Crippen LogP contribution is 2.22. The molecule has 7 nitrogen and oxygen atoms in total. The molecule has 2 N–H and O–H groups in total. The van der Waals surface area contributed by atoms with Crippen LogP contribution < -0.4 is 10.6 Å². The van der Waals surface area contributed by atoms with Gasteiger partial charge in [-0.1, -0.05) is 37.2 Å². The van der Waals surface area contributed by atoms with Gasteiger partial charge < -0.3 is 19.6 Å². The molecular formula is C21H27N5O2. The van der Waals surface area contributed by atoms with Crippen LogP contribution in [0.25, 0.3) is 11.5 Å². The second kappa shape index (κ2) is 9.73. The van der Waals surface area contributed by atoms with Gasteiger partial charge in [-0.05, 0) is 25.0 Å². The molecule has 0 spiro atoms. The van der Waals surface area contributed by atoms with Crippen molar-refractivity contribution in [2.75, 3.05) is 7.05 Å². The highest BCUT2D eigenvalue weighted by Gasteiger charge is 2.13. The fourth-order valence-electron chi connectivity index (χ4n) is 2.98. The number of nitrogens with zero attached hydrogens (tertiary/aromatic N) is 3. The number of nitrogens with one attached hydrogen (secondary N) is 2. The Morgan fingerprint density at radius 3 is 2.57 bits per heavy atom. The molecule has 0 saturated carbocycles. The van der Waals surface area contributed by atoms with Gasteiger partial charge in [-0.2, -0.15) is 0 Å². The second-order valence-corrected chi connectivity index (χ2v) is 6.52. The summed E-state index contributed by atoms with van der Waals surface area (Å²) < 4.78 is 11.0. The van der Waals surface area contributed by atoms with E-state index in [1.54, 1.807) is 13.3 Å². The first-order valence-corrected chi connectivity index (χ1v) is 9.63. The molecule has 3 aromatic rings. The summed E-state index contributed by atoms with van der Waals surface area (Å²) >= 11 is 0. The highest BCUT2D eigenvalue weighted by atomic mass is 16.5. The van der Waals surface area contributed by atoms with E-state index in [9.17, 15) is 0 Å². The van der Waals surface area contributed by atoms with Crippen molar-refractivity contribution in [2.45, 2.75) is 45.7 Å².